The van der Waals surface area contributed by atoms with Crippen LogP contribution in [0.5, 0.6) is 23.0 Å². The normalized spacial score (nSPS) is 15.6. The number of anilines is 4. The zero-order valence-corrected chi connectivity index (χ0v) is 39.0. The van der Waals surface area contributed by atoms with E-state index >= 15 is 0 Å². The number of carbonyl (C=O) groups excluding carboxylic acids is 4. The van der Waals surface area contributed by atoms with Gasteiger partial charge in [0.05, 0.1) is 33.9 Å². The molecule has 4 amide bonds. The number of hydrogen-bond acceptors (Lipinski definition) is 10. The third-order valence-electron chi connectivity index (χ3n) is 13.3. The van der Waals surface area contributed by atoms with E-state index in [0.717, 1.165) is 81.2 Å². The Balaban J connectivity index is 0.000000203. The fourth-order valence-electron chi connectivity index (χ4n) is 9.78. The summed E-state index contributed by atoms with van der Waals surface area (Å²) >= 11 is 0. The van der Waals surface area contributed by atoms with Crippen LogP contribution in [0, 0.1) is 0 Å². The van der Waals surface area contributed by atoms with E-state index in [1.165, 1.54) is 5.56 Å². The Bertz CT molecular complexity index is 2610. The molecule has 0 aromatic heterocycles. The Morgan fingerprint density at radius 3 is 1.46 bits per heavy atom. The quantitative estimate of drug-likeness (QED) is 0.110. The Morgan fingerprint density at radius 1 is 0.582 bits per heavy atom. The maximum absolute atomic E-state index is 13.1. The fourth-order valence-corrected chi connectivity index (χ4v) is 9.78. The maximum Gasteiger partial charge on any atom is 0.253 e. The van der Waals surface area contributed by atoms with E-state index in [2.05, 4.69) is 44.3 Å². The van der Waals surface area contributed by atoms with Crippen molar-refractivity contribution in [2.45, 2.75) is 72.0 Å². The molecule has 5 N–H and O–H groups in total. The van der Waals surface area contributed by atoms with Gasteiger partial charge < -0.3 is 45.9 Å². The molecule has 4 aliphatic rings. The highest BCUT2D eigenvalue weighted by molar-refractivity contribution is 6.02. The first-order chi connectivity index (χ1) is 32.5. The Labute approximate surface area is 394 Å². The minimum Gasteiger partial charge on any atom is -0.452 e. The summed E-state index contributed by atoms with van der Waals surface area (Å²) in [5.74, 6) is 0.938. The van der Waals surface area contributed by atoms with Gasteiger partial charge in [0.15, 0.2) is 23.0 Å². The first kappa shape index (κ1) is 46.6. The van der Waals surface area contributed by atoms with Crippen LogP contribution < -0.4 is 36.1 Å². The summed E-state index contributed by atoms with van der Waals surface area (Å²) in [6, 6.07) is 33.3. The van der Waals surface area contributed by atoms with Crippen molar-refractivity contribution in [2.75, 3.05) is 62.2 Å². The van der Waals surface area contributed by atoms with Gasteiger partial charge in [-0.1, -0.05) is 42.5 Å². The zero-order valence-electron chi connectivity index (χ0n) is 39.0. The number of para-hydroxylation sites is 2. The molecular formula is C53H64N8O6. The molecule has 4 heterocycles. The second-order valence-corrected chi connectivity index (χ2v) is 17.3. The topological polar surface area (TPSA) is 167 Å². The van der Waals surface area contributed by atoms with Crippen LogP contribution in [0.4, 0.5) is 22.7 Å². The van der Waals surface area contributed by atoms with Crippen molar-refractivity contribution in [3.63, 3.8) is 0 Å². The van der Waals surface area contributed by atoms with E-state index in [4.69, 9.17) is 20.9 Å². The number of ether oxygens (including phenoxy) is 2. The third-order valence-corrected chi connectivity index (χ3v) is 13.3. The second kappa shape index (κ2) is 20.7. The number of piperidine rings is 2. The van der Waals surface area contributed by atoms with Gasteiger partial charge in [-0.15, -0.1) is 0 Å². The summed E-state index contributed by atoms with van der Waals surface area (Å²) < 4.78 is 12.5. The minimum absolute atomic E-state index is 0. The lowest BCUT2D eigenvalue weighted by molar-refractivity contribution is 0.0765. The van der Waals surface area contributed by atoms with E-state index in [9.17, 15) is 19.2 Å². The predicted molar refractivity (Wildman–Crippen MR) is 264 cm³/mol. The lowest BCUT2D eigenvalue weighted by atomic mass is 9.98. The Kier molecular flexibility index (Phi) is 14.4. The predicted octanol–water partition coefficient (Wildman–Crippen LogP) is 8.69. The highest BCUT2D eigenvalue weighted by Crippen LogP contribution is 2.52. The molecule has 14 nitrogen and oxygen atoms in total. The van der Waals surface area contributed by atoms with Crippen LogP contribution in [0.15, 0.2) is 103 Å². The molecule has 0 saturated carbocycles. The van der Waals surface area contributed by atoms with E-state index < -0.39 is 11.8 Å². The number of carbonyl (C=O) groups is 4. The van der Waals surface area contributed by atoms with Crippen LogP contribution in [0.1, 0.15) is 102 Å². The van der Waals surface area contributed by atoms with Crippen molar-refractivity contribution in [2.24, 2.45) is 11.5 Å². The van der Waals surface area contributed by atoms with Crippen molar-refractivity contribution in [1.82, 2.24) is 20.0 Å². The smallest absolute Gasteiger partial charge is 0.253 e. The molecule has 0 spiro atoms. The van der Waals surface area contributed by atoms with Gasteiger partial charge in [0, 0.05) is 70.5 Å². The number of nitrogens with zero attached hydrogens (tertiary/aromatic N) is 5. The summed E-state index contributed by atoms with van der Waals surface area (Å²) in [4.78, 5) is 60.9. The molecule has 4 aliphatic heterocycles. The SMILES string of the molecule is CCN(CC)C(=O)c1ccc2c(c1)Oc1c(C(N)=O)cccc1N2C1CCN(Cc2ccccc2)CC1.CCN(CC)C(=O)c1ccc2c(c1)Oc1c(C(N)=O)cccc1N2C1CCNCC1.[HH]. The van der Waals surface area contributed by atoms with Gasteiger partial charge in [0.2, 0.25) is 0 Å². The van der Waals surface area contributed by atoms with Gasteiger partial charge in [-0.25, -0.2) is 0 Å². The summed E-state index contributed by atoms with van der Waals surface area (Å²) in [6.07, 6.45) is 3.87. The zero-order chi connectivity index (χ0) is 47.2. The van der Waals surface area contributed by atoms with Crippen molar-refractivity contribution in [3.05, 3.63) is 131 Å². The molecule has 0 atom stereocenters. The number of primary amides is 2. The van der Waals surface area contributed by atoms with Crippen LogP contribution in [0.25, 0.3) is 0 Å². The molecule has 2 fully saturated rings. The van der Waals surface area contributed by atoms with Crippen LogP contribution in [-0.2, 0) is 6.54 Å². The average Bonchev–Trinajstić information content (AvgIpc) is 3.35. The van der Waals surface area contributed by atoms with Gasteiger partial charge in [-0.3, -0.25) is 24.1 Å². The maximum atomic E-state index is 13.1. The van der Waals surface area contributed by atoms with Gasteiger partial charge in [-0.2, -0.15) is 0 Å². The van der Waals surface area contributed by atoms with Crippen molar-refractivity contribution >= 4 is 46.4 Å². The summed E-state index contributed by atoms with van der Waals surface area (Å²) in [5, 5.41) is 3.40. The van der Waals surface area contributed by atoms with Crippen molar-refractivity contribution in [1.29, 1.82) is 0 Å². The molecule has 2 saturated heterocycles. The molecule has 0 aliphatic carbocycles. The fraction of sp³-hybridized carbons (Fsp3) is 0.358. The van der Waals surface area contributed by atoms with E-state index in [1.807, 2.05) is 82.3 Å². The largest absolute Gasteiger partial charge is 0.452 e. The van der Waals surface area contributed by atoms with Crippen LogP contribution in [-0.4, -0.2) is 103 Å². The lowest BCUT2D eigenvalue weighted by Crippen LogP contribution is -2.43. The first-order valence-corrected chi connectivity index (χ1v) is 23.7. The molecule has 5 aromatic carbocycles. The molecular weight excluding hydrogens is 845 g/mol. The number of amides is 4. The van der Waals surface area contributed by atoms with E-state index in [-0.39, 0.29) is 25.3 Å². The standard InChI is InChI=1S/C30H34N4O3.C23H28N4O3.H2/c1-3-33(4-2)30(36)22-13-14-25-27(19-22)37-28-24(29(31)35)11-8-12-26(28)34(25)23-15-17-32(18-16-23)20-21-9-6-5-7-10-21;1-3-26(4-2)23(29)15-8-9-18-20(14-15)30-21-17(22(24)28)6-5-7-19(21)27(18)16-10-12-25-13-11-16;/h5-14,19,23H,3-4,15-18,20H2,1-2H3,(H2,31,35);5-9,14,16,25H,3-4,10-13H2,1-2H3,(H2,24,28);1H. The molecule has 0 bridgehead atoms. The molecule has 0 unspecified atom stereocenters. The van der Waals surface area contributed by atoms with Gasteiger partial charge in [-0.05, 0) is 133 Å². The Morgan fingerprint density at radius 2 is 1.03 bits per heavy atom. The van der Waals surface area contributed by atoms with E-state index in [0.29, 0.717) is 71.4 Å². The highest BCUT2D eigenvalue weighted by Gasteiger charge is 2.36. The van der Waals surface area contributed by atoms with Crippen LogP contribution in [0.3, 0.4) is 0 Å². The van der Waals surface area contributed by atoms with Crippen molar-refractivity contribution < 1.29 is 30.1 Å². The minimum atomic E-state index is -0.534. The number of rotatable bonds is 12. The molecule has 352 valence electrons. The monoisotopic (exact) mass is 908 g/mol. The Hall–Kier alpha value is -6.90. The van der Waals surface area contributed by atoms with Crippen molar-refractivity contribution in [3.8, 4) is 23.0 Å². The van der Waals surface area contributed by atoms with Gasteiger partial charge in [0.25, 0.3) is 23.6 Å². The third kappa shape index (κ3) is 9.68. The number of nitrogens with two attached hydrogens (primary N) is 2. The number of fused-ring (bicyclic) bond motifs is 4. The number of likely N-dealkylation sites (tertiary alicyclic amines) is 1. The molecule has 0 radical (unpaired) electrons. The number of nitrogens with one attached hydrogen (secondary N) is 1. The molecule has 9 rings (SSSR count). The average molecular weight is 909 g/mol. The van der Waals surface area contributed by atoms with Gasteiger partial charge in [0.1, 0.15) is 0 Å². The number of benzene rings is 5. The molecule has 5 aromatic rings. The lowest BCUT2D eigenvalue weighted by Gasteiger charge is -2.43. The highest BCUT2D eigenvalue weighted by atomic mass is 16.5. The molecule has 67 heavy (non-hydrogen) atoms. The molecule has 14 heteroatoms. The number of hydrogen-bond donors (Lipinski definition) is 3. The summed E-state index contributed by atoms with van der Waals surface area (Å²) in [6.45, 7) is 15.2. The second-order valence-electron chi connectivity index (χ2n) is 17.3. The summed E-state index contributed by atoms with van der Waals surface area (Å²) in [7, 11) is 0. The first-order valence-electron chi connectivity index (χ1n) is 23.7. The van der Waals surface area contributed by atoms with Crippen LogP contribution in [0.2, 0.25) is 0 Å². The van der Waals surface area contributed by atoms with Crippen LogP contribution >= 0.6 is 0 Å². The van der Waals surface area contributed by atoms with Gasteiger partial charge >= 0.3 is 0 Å². The summed E-state index contributed by atoms with van der Waals surface area (Å²) in [5.41, 5.74) is 18.0. The van der Waals surface area contributed by atoms with E-state index in [1.54, 1.807) is 34.1 Å².